The van der Waals surface area contributed by atoms with E-state index in [1.807, 2.05) is 6.07 Å². The van der Waals surface area contributed by atoms with Crippen molar-refractivity contribution in [3.63, 3.8) is 0 Å². The molecule has 1 atom stereocenters. The van der Waals surface area contributed by atoms with Gasteiger partial charge in [-0.05, 0) is 47.2 Å². The third-order valence-electron chi connectivity index (χ3n) is 3.04. The third kappa shape index (κ3) is 3.99. The maximum Gasteiger partial charge on any atom is 0.0294 e. The first-order chi connectivity index (χ1) is 8.36. The van der Waals surface area contributed by atoms with Crippen molar-refractivity contribution in [2.24, 2.45) is 5.73 Å². The zero-order valence-electron chi connectivity index (χ0n) is 10.0. The minimum absolute atomic E-state index is 0.193. The van der Waals surface area contributed by atoms with Crippen LogP contribution in [0.25, 0.3) is 0 Å². The topological polar surface area (TPSA) is 26.0 Å². The highest BCUT2D eigenvalue weighted by Crippen LogP contribution is 2.17. The van der Waals surface area contributed by atoms with Gasteiger partial charge in [-0.25, -0.2) is 0 Å². The molecule has 1 unspecified atom stereocenters. The van der Waals surface area contributed by atoms with Crippen molar-refractivity contribution >= 4 is 11.3 Å². The van der Waals surface area contributed by atoms with Gasteiger partial charge in [-0.2, -0.15) is 11.3 Å². The zero-order valence-corrected chi connectivity index (χ0v) is 10.8. The summed E-state index contributed by atoms with van der Waals surface area (Å²) in [4.78, 5) is 0. The van der Waals surface area contributed by atoms with E-state index in [9.17, 15) is 0 Å². The van der Waals surface area contributed by atoms with Gasteiger partial charge in [0.05, 0.1) is 0 Å². The summed E-state index contributed by atoms with van der Waals surface area (Å²) in [5, 5.41) is 4.38. The molecular formula is C15H19NS. The first-order valence-electron chi connectivity index (χ1n) is 6.18. The van der Waals surface area contributed by atoms with E-state index in [1.165, 1.54) is 30.4 Å². The van der Waals surface area contributed by atoms with Crippen LogP contribution in [0.5, 0.6) is 0 Å². The van der Waals surface area contributed by atoms with Crippen LogP contribution >= 0.6 is 11.3 Å². The van der Waals surface area contributed by atoms with Crippen LogP contribution in [-0.2, 0) is 6.42 Å². The predicted molar refractivity (Wildman–Crippen MR) is 75.2 cm³/mol. The second-order valence-corrected chi connectivity index (χ2v) is 5.17. The van der Waals surface area contributed by atoms with Gasteiger partial charge >= 0.3 is 0 Å². The van der Waals surface area contributed by atoms with E-state index in [0.29, 0.717) is 0 Å². The Morgan fingerprint density at radius 3 is 2.59 bits per heavy atom. The van der Waals surface area contributed by atoms with Crippen LogP contribution in [0.1, 0.15) is 36.4 Å². The molecule has 0 bridgehead atoms. The molecule has 0 saturated heterocycles. The average Bonchev–Trinajstić information content (AvgIpc) is 2.88. The van der Waals surface area contributed by atoms with Gasteiger partial charge < -0.3 is 5.73 Å². The summed E-state index contributed by atoms with van der Waals surface area (Å²) < 4.78 is 0. The Morgan fingerprint density at radius 2 is 1.88 bits per heavy atom. The minimum atomic E-state index is 0.193. The predicted octanol–water partition coefficient (Wildman–Crippen LogP) is 4.16. The van der Waals surface area contributed by atoms with E-state index in [4.69, 9.17) is 5.73 Å². The van der Waals surface area contributed by atoms with E-state index < -0.39 is 0 Å². The first kappa shape index (κ1) is 12.3. The Morgan fingerprint density at radius 1 is 1.06 bits per heavy atom. The molecule has 0 amide bonds. The summed E-state index contributed by atoms with van der Waals surface area (Å²) in [6.07, 6.45) is 4.70. The maximum atomic E-state index is 6.16. The number of rotatable bonds is 6. The lowest BCUT2D eigenvalue weighted by Gasteiger charge is -2.11. The summed E-state index contributed by atoms with van der Waals surface area (Å²) in [6.45, 7) is 0. The fourth-order valence-electron chi connectivity index (χ4n) is 2.00. The molecule has 0 spiro atoms. The van der Waals surface area contributed by atoms with Gasteiger partial charge in [0.1, 0.15) is 0 Å². The molecule has 0 saturated carbocycles. The highest BCUT2D eigenvalue weighted by molar-refractivity contribution is 7.07. The number of hydrogen-bond donors (Lipinski definition) is 1. The number of hydrogen-bond acceptors (Lipinski definition) is 2. The van der Waals surface area contributed by atoms with E-state index in [1.54, 1.807) is 11.3 Å². The van der Waals surface area contributed by atoms with Gasteiger partial charge in [0.2, 0.25) is 0 Å². The Labute approximate surface area is 107 Å². The number of aryl methyl sites for hydroxylation is 1. The lowest BCUT2D eigenvalue weighted by Crippen LogP contribution is -2.09. The van der Waals surface area contributed by atoms with Crippen molar-refractivity contribution in [2.45, 2.75) is 31.7 Å². The van der Waals surface area contributed by atoms with E-state index in [0.717, 1.165) is 6.42 Å². The first-order valence-corrected chi connectivity index (χ1v) is 7.12. The average molecular weight is 245 g/mol. The second kappa shape index (κ2) is 6.58. The number of unbranched alkanes of at least 4 members (excludes halogenated alkanes) is 1. The summed E-state index contributed by atoms with van der Waals surface area (Å²) in [7, 11) is 0. The Balaban J connectivity index is 1.68. The van der Waals surface area contributed by atoms with Crippen LogP contribution in [-0.4, -0.2) is 0 Å². The molecule has 0 aliphatic rings. The van der Waals surface area contributed by atoms with Crippen LogP contribution in [0, 0.1) is 0 Å². The molecule has 2 heteroatoms. The molecule has 2 rings (SSSR count). The molecule has 2 aromatic rings. The summed E-state index contributed by atoms with van der Waals surface area (Å²) in [6, 6.07) is 12.8. The standard InChI is InChI=1S/C15H19NS/c16-15(14-7-2-1-3-8-14)9-5-4-6-13-10-11-17-12-13/h1-3,7-8,10-12,15H,4-6,9,16H2. The highest BCUT2D eigenvalue weighted by Gasteiger charge is 2.04. The molecular weight excluding hydrogens is 226 g/mol. The SMILES string of the molecule is NC(CCCCc1ccsc1)c1ccccc1. The second-order valence-electron chi connectivity index (χ2n) is 4.39. The molecule has 0 fully saturated rings. The summed E-state index contributed by atoms with van der Waals surface area (Å²) >= 11 is 1.78. The zero-order chi connectivity index (χ0) is 11.9. The largest absolute Gasteiger partial charge is 0.324 e. The molecule has 1 nitrogen and oxygen atoms in total. The molecule has 0 radical (unpaired) electrons. The summed E-state index contributed by atoms with van der Waals surface area (Å²) in [5.74, 6) is 0. The quantitative estimate of drug-likeness (QED) is 0.760. The molecule has 90 valence electrons. The van der Waals surface area contributed by atoms with Crippen molar-refractivity contribution in [3.8, 4) is 0 Å². The van der Waals surface area contributed by atoms with Crippen LogP contribution in [0.2, 0.25) is 0 Å². The van der Waals surface area contributed by atoms with Crippen LogP contribution in [0.4, 0.5) is 0 Å². The molecule has 1 heterocycles. The van der Waals surface area contributed by atoms with Gasteiger partial charge in [-0.3, -0.25) is 0 Å². The van der Waals surface area contributed by atoms with E-state index in [2.05, 4.69) is 41.1 Å². The molecule has 1 aromatic heterocycles. The van der Waals surface area contributed by atoms with Crippen molar-refractivity contribution < 1.29 is 0 Å². The minimum Gasteiger partial charge on any atom is -0.324 e. The van der Waals surface area contributed by atoms with E-state index >= 15 is 0 Å². The van der Waals surface area contributed by atoms with Crippen LogP contribution in [0.15, 0.2) is 47.2 Å². The number of nitrogens with two attached hydrogens (primary N) is 1. The molecule has 17 heavy (non-hydrogen) atoms. The Kier molecular flexibility index (Phi) is 4.77. The van der Waals surface area contributed by atoms with Crippen molar-refractivity contribution in [1.29, 1.82) is 0 Å². The van der Waals surface area contributed by atoms with Gasteiger partial charge in [-0.15, -0.1) is 0 Å². The lowest BCUT2D eigenvalue weighted by atomic mass is 10.0. The maximum absolute atomic E-state index is 6.16. The van der Waals surface area contributed by atoms with Gasteiger partial charge in [-0.1, -0.05) is 36.8 Å². The van der Waals surface area contributed by atoms with Crippen molar-refractivity contribution in [1.82, 2.24) is 0 Å². The molecule has 0 aliphatic heterocycles. The van der Waals surface area contributed by atoms with Crippen molar-refractivity contribution in [3.05, 3.63) is 58.3 Å². The molecule has 2 N–H and O–H groups in total. The van der Waals surface area contributed by atoms with Crippen LogP contribution in [0.3, 0.4) is 0 Å². The fourth-order valence-corrected chi connectivity index (χ4v) is 2.70. The van der Waals surface area contributed by atoms with Gasteiger partial charge in [0, 0.05) is 6.04 Å². The van der Waals surface area contributed by atoms with Gasteiger partial charge in [0.15, 0.2) is 0 Å². The Hall–Kier alpha value is -1.12. The fraction of sp³-hybridized carbons (Fsp3) is 0.333. The summed E-state index contributed by atoms with van der Waals surface area (Å²) in [5.41, 5.74) is 8.87. The molecule has 0 aliphatic carbocycles. The monoisotopic (exact) mass is 245 g/mol. The van der Waals surface area contributed by atoms with Crippen LogP contribution < -0.4 is 5.73 Å². The third-order valence-corrected chi connectivity index (χ3v) is 3.77. The number of benzene rings is 1. The normalized spacial score (nSPS) is 12.5. The Bertz CT molecular complexity index is 408. The molecule has 1 aromatic carbocycles. The lowest BCUT2D eigenvalue weighted by molar-refractivity contribution is 0.587. The highest BCUT2D eigenvalue weighted by atomic mass is 32.1. The van der Waals surface area contributed by atoms with E-state index in [-0.39, 0.29) is 6.04 Å². The van der Waals surface area contributed by atoms with Gasteiger partial charge in [0.25, 0.3) is 0 Å². The number of thiophene rings is 1. The smallest absolute Gasteiger partial charge is 0.0294 e. The van der Waals surface area contributed by atoms with Crippen molar-refractivity contribution in [2.75, 3.05) is 0 Å².